The zero-order valence-corrected chi connectivity index (χ0v) is 14.9. The molecule has 0 bridgehead atoms. The second-order valence-corrected chi connectivity index (χ2v) is 6.15. The number of hydrogen-bond donors (Lipinski definition) is 0. The number of esters is 1. The van der Waals surface area contributed by atoms with E-state index in [-0.39, 0.29) is 12.2 Å². The summed E-state index contributed by atoms with van der Waals surface area (Å²) in [4.78, 5) is 18.1. The maximum Gasteiger partial charge on any atom is 0.343 e. The highest BCUT2D eigenvalue weighted by Gasteiger charge is 2.25. The van der Waals surface area contributed by atoms with E-state index < -0.39 is 5.97 Å². The summed E-state index contributed by atoms with van der Waals surface area (Å²) in [5, 5.41) is 4.36. The maximum absolute atomic E-state index is 12.2. The van der Waals surface area contributed by atoms with E-state index in [0.717, 1.165) is 10.6 Å². The Kier molecular flexibility index (Phi) is 4.99. The lowest BCUT2D eigenvalue weighted by atomic mass is 10.2. The van der Waals surface area contributed by atoms with E-state index in [0.29, 0.717) is 16.5 Å². The monoisotopic (exact) mass is 359 g/mol. The zero-order valence-electron chi connectivity index (χ0n) is 14.1. The predicted octanol–water partition coefficient (Wildman–Crippen LogP) is 2.84. The lowest BCUT2D eigenvalue weighted by molar-refractivity contribution is -0.133. The number of aryl methyl sites for hydroxylation is 1. The number of aromatic nitrogens is 3. The van der Waals surface area contributed by atoms with Gasteiger partial charge in [0.25, 0.3) is 0 Å². The van der Waals surface area contributed by atoms with Crippen LogP contribution in [0.4, 0.5) is 0 Å². The van der Waals surface area contributed by atoms with Crippen molar-refractivity contribution in [1.29, 1.82) is 0 Å². The molecule has 0 saturated carbocycles. The molecule has 130 valence electrons. The highest BCUT2D eigenvalue weighted by atomic mass is 32.1. The first kappa shape index (κ1) is 17.0. The van der Waals surface area contributed by atoms with E-state index >= 15 is 0 Å². The number of nitrogens with zero attached hydrogens (tertiary/aromatic N) is 3. The minimum absolute atomic E-state index is 0.257. The van der Waals surface area contributed by atoms with Crippen molar-refractivity contribution in [2.75, 3.05) is 14.2 Å². The van der Waals surface area contributed by atoms with E-state index in [9.17, 15) is 4.79 Å². The summed E-state index contributed by atoms with van der Waals surface area (Å²) < 4.78 is 17.4. The molecule has 25 heavy (non-hydrogen) atoms. The molecule has 2 aromatic heterocycles. The molecule has 0 radical (unpaired) electrons. The van der Waals surface area contributed by atoms with Gasteiger partial charge in [-0.1, -0.05) is 29.5 Å². The van der Waals surface area contributed by atoms with Crippen LogP contribution in [0.15, 0.2) is 36.6 Å². The summed E-state index contributed by atoms with van der Waals surface area (Å²) in [5.74, 6) is 0.833. The van der Waals surface area contributed by atoms with Crippen molar-refractivity contribution in [2.24, 2.45) is 0 Å². The van der Waals surface area contributed by atoms with Gasteiger partial charge in [0.1, 0.15) is 29.4 Å². The largest absolute Gasteiger partial charge is 0.503 e. The van der Waals surface area contributed by atoms with Crippen molar-refractivity contribution in [1.82, 2.24) is 14.6 Å². The van der Waals surface area contributed by atoms with Gasteiger partial charge in [-0.25, -0.2) is 14.3 Å². The number of carbonyl (C=O) groups excluding carboxylic acids is 1. The van der Waals surface area contributed by atoms with Crippen LogP contribution in [0.2, 0.25) is 0 Å². The molecule has 0 spiro atoms. The van der Waals surface area contributed by atoms with Crippen LogP contribution in [0.5, 0.6) is 5.75 Å². The fourth-order valence-electron chi connectivity index (χ4n) is 2.34. The Bertz CT molecular complexity index is 915. The Labute approximate surface area is 148 Å². The molecule has 0 unspecified atom stereocenters. The first-order chi connectivity index (χ1) is 12.1. The summed E-state index contributed by atoms with van der Waals surface area (Å²) in [7, 11) is 2.79. The van der Waals surface area contributed by atoms with Gasteiger partial charge in [-0.05, 0) is 19.1 Å². The van der Waals surface area contributed by atoms with Crippen molar-refractivity contribution >= 4 is 27.8 Å². The first-order valence-electron chi connectivity index (χ1n) is 7.48. The quantitative estimate of drug-likeness (QED) is 0.383. The number of ether oxygens (including phenoxy) is 3. The maximum atomic E-state index is 12.2. The number of rotatable bonds is 6. The smallest absolute Gasteiger partial charge is 0.343 e. The fraction of sp³-hybridized carbons (Fsp3) is 0.235. The van der Waals surface area contributed by atoms with E-state index in [2.05, 4.69) is 10.1 Å². The Balaban J connectivity index is 2.04. The van der Waals surface area contributed by atoms with Gasteiger partial charge in [0.2, 0.25) is 4.96 Å². The molecule has 0 N–H and O–H groups in total. The van der Waals surface area contributed by atoms with E-state index in [1.807, 2.05) is 30.3 Å². The summed E-state index contributed by atoms with van der Waals surface area (Å²) in [6, 6.07) is 9.45. The number of methoxy groups -OCH3 is 2. The average Bonchev–Trinajstić information content (AvgIpc) is 3.14. The number of para-hydroxylation sites is 1. The SMILES string of the molecule is COC=C(C(=O)OC)c1c(COc2ccccc2)sc2nc(C)nn12. The number of carbonyl (C=O) groups is 1. The van der Waals surface area contributed by atoms with Crippen LogP contribution in [0, 0.1) is 6.92 Å². The highest BCUT2D eigenvalue weighted by molar-refractivity contribution is 7.17. The van der Waals surface area contributed by atoms with E-state index in [1.54, 1.807) is 11.4 Å². The zero-order chi connectivity index (χ0) is 17.8. The van der Waals surface area contributed by atoms with Crippen molar-refractivity contribution < 1.29 is 19.0 Å². The van der Waals surface area contributed by atoms with Gasteiger partial charge in [0.05, 0.1) is 25.4 Å². The van der Waals surface area contributed by atoms with Gasteiger partial charge in [0, 0.05) is 0 Å². The summed E-state index contributed by atoms with van der Waals surface area (Å²) in [6.45, 7) is 2.06. The van der Waals surface area contributed by atoms with Crippen LogP contribution >= 0.6 is 11.3 Å². The molecular weight excluding hydrogens is 342 g/mol. The Morgan fingerprint density at radius 2 is 2.04 bits per heavy atom. The standard InChI is InChI=1S/C17H17N3O4S/c1-11-18-17-20(19-11)15(13(9-22-2)16(21)23-3)14(25-17)10-24-12-7-5-4-6-8-12/h4-9H,10H2,1-3H3. The lowest BCUT2D eigenvalue weighted by Crippen LogP contribution is -2.10. The predicted molar refractivity (Wildman–Crippen MR) is 93.4 cm³/mol. The van der Waals surface area contributed by atoms with Crippen LogP contribution in [0.25, 0.3) is 10.5 Å². The second kappa shape index (κ2) is 7.35. The molecule has 0 atom stereocenters. The molecule has 1 aromatic carbocycles. The van der Waals surface area contributed by atoms with Crippen LogP contribution in [-0.4, -0.2) is 34.8 Å². The minimum Gasteiger partial charge on any atom is -0.503 e. The third-order valence-corrected chi connectivity index (χ3v) is 4.39. The summed E-state index contributed by atoms with van der Waals surface area (Å²) >= 11 is 1.41. The highest BCUT2D eigenvalue weighted by Crippen LogP contribution is 2.30. The molecule has 3 rings (SSSR count). The Morgan fingerprint density at radius 1 is 1.28 bits per heavy atom. The topological polar surface area (TPSA) is 75.0 Å². The normalized spacial score (nSPS) is 11.6. The molecule has 0 aliphatic heterocycles. The molecule has 0 amide bonds. The molecule has 8 heteroatoms. The number of thiazole rings is 1. The van der Waals surface area contributed by atoms with E-state index in [4.69, 9.17) is 14.2 Å². The molecule has 0 aliphatic rings. The number of hydrogen-bond acceptors (Lipinski definition) is 7. The third-order valence-electron chi connectivity index (χ3n) is 3.38. The summed E-state index contributed by atoms with van der Waals surface area (Å²) in [6.07, 6.45) is 1.34. The first-order valence-corrected chi connectivity index (χ1v) is 8.30. The number of benzene rings is 1. The van der Waals surface area contributed by atoms with E-state index in [1.165, 1.54) is 31.8 Å². The van der Waals surface area contributed by atoms with Gasteiger partial charge in [-0.15, -0.1) is 0 Å². The van der Waals surface area contributed by atoms with Crippen LogP contribution < -0.4 is 4.74 Å². The molecule has 0 fully saturated rings. The van der Waals surface area contributed by atoms with Gasteiger partial charge in [0.15, 0.2) is 0 Å². The molecule has 0 saturated heterocycles. The molecule has 0 aliphatic carbocycles. The van der Waals surface area contributed by atoms with Crippen LogP contribution in [0.3, 0.4) is 0 Å². The summed E-state index contributed by atoms with van der Waals surface area (Å²) in [5.41, 5.74) is 0.818. The lowest BCUT2D eigenvalue weighted by Gasteiger charge is -2.09. The molecular formula is C17H17N3O4S. The average molecular weight is 359 g/mol. The van der Waals surface area contributed by atoms with Crippen molar-refractivity contribution in [3.05, 3.63) is 53.0 Å². The third kappa shape index (κ3) is 3.48. The Hall–Kier alpha value is -2.87. The van der Waals surface area contributed by atoms with Gasteiger partial charge >= 0.3 is 5.97 Å². The van der Waals surface area contributed by atoms with Crippen molar-refractivity contribution in [3.63, 3.8) is 0 Å². The van der Waals surface area contributed by atoms with Crippen molar-refractivity contribution in [3.8, 4) is 5.75 Å². The Morgan fingerprint density at radius 3 is 2.72 bits per heavy atom. The van der Waals surface area contributed by atoms with Gasteiger partial charge in [-0.2, -0.15) is 5.10 Å². The second-order valence-electron chi connectivity index (χ2n) is 5.09. The fourth-order valence-corrected chi connectivity index (χ4v) is 3.37. The van der Waals surface area contributed by atoms with Crippen LogP contribution in [0.1, 0.15) is 16.4 Å². The minimum atomic E-state index is -0.518. The molecule has 7 nitrogen and oxygen atoms in total. The number of fused-ring (bicyclic) bond motifs is 1. The molecule has 3 aromatic rings. The molecule has 2 heterocycles. The van der Waals surface area contributed by atoms with Gasteiger partial charge in [-0.3, -0.25) is 0 Å². The van der Waals surface area contributed by atoms with Crippen LogP contribution in [-0.2, 0) is 20.9 Å². The van der Waals surface area contributed by atoms with Gasteiger partial charge < -0.3 is 14.2 Å². The van der Waals surface area contributed by atoms with Crippen molar-refractivity contribution in [2.45, 2.75) is 13.5 Å².